The van der Waals surface area contributed by atoms with Crippen LogP contribution in [-0.2, 0) is 6.42 Å². The van der Waals surface area contributed by atoms with Crippen LogP contribution in [0, 0.1) is 6.92 Å². The second kappa shape index (κ2) is 4.26. The van der Waals surface area contributed by atoms with Gasteiger partial charge in [0.1, 0.15) is 0 Å². The van der Waals surface area contributed by atoms with Crippen LogP contribution >= 0.6 is 15.9 Å². The van der Waals surface area contributed by atoms with Crippen molar-refractivity contribution >= 4 is 15.9 Å². The lowest BCUT2D eigenvalue weighted by atomic mass is 9.91. The minimum absolute atomic E-state index is 0.314. The number of halogens is 1. The van der Waals surface area contributed by atoms with Crippen molar-refractivity contribution in [2.75, 3.05) is 6.54 Å². The van der Waals surface area contributed by atoms with E-state index >= 15 is 0 Å². The third-order valence-electron chi connectivity index (χ3n) is 3.29. The van der Waals surface area contributed by atoms with E-state index in [9.17, 15) is 0 Å². The fraction of sp³-hybridized carbons (Fsp3) is 0.538. The van der Waals surface area contributed by atoms with Gasteiger partial charge in [0.25, 0.3) is 0 Å². The molecule has 2 heteroatoms. The summed E-state index contributed by atoms with van der Waals surface area (Å²) in [5.74, 6) is 0. The summed E-state index contributed by atoms with van der Waals surface area (Å²) < 4.78 is 1.22. The summed E-state index contributed by atoms with van der Waals surface area (Å²) in [5.41, 5.74) is 3.04. The van der Waals surface area contributed by atoms with Crippen LogP contribution in [0.2, 0.25) is 0 Å². The van der Waals surface area contributed by atoms with Gasteiger partial charge in [-0.2, -0.15) is 0 Å². The average Bonchev–Trinajstić information content (AvgIpc) is 2.59. The van der Waals surface area contributed by atoms with Crippen LogP contribution in [0.25, 0.3) is 0 Å². The highest BCUT2D eigenvalue weighted by atomic mass is 79.9. The number of nitrogens with one attached hydrogen (secondary N) is 1. The second-order valence-electron chi connectivity index (χ2n) is 4.85. The molecule has 2 rings (SSSR count). The summed E-state index contributed by atoms with van der Waals surface area (Å²) in [5, 5.41) is 3.60. The Bertz CT molecular complexity index is 354. The maximum atomic E-state index is 3.60. The van der Waals surface area contributed by atoms with E-state index in [2.05, 4.69) is 53.3 Å². The number of rotatable bonds is 2. The first-order valence-corrected chi connectivity index (χ1v) is 6.38. The average molecular weight is 268 g/mol. The van der Waals surface area contributed by atoms with Gasteiger partial charge in [-0.15, -0.1) is 0 Å². The van der Waals surface area contributed by atoms with E-state index in [1.54, 1.807) is 0 Å². The van der Waals surface area contributed by atoms with Crippen LogP contribution in [0.3, 0.4) is 0 Å². The van der Waals surface area contributed by atoms with Crippen molar-refractivity contribution in [3.63, 3.8) is 0 Å². The van der Waals surface area contributed by atoms with Crippen LogP contribution < -0.4 is 5.32 Å². The van der Waals surface area contributed by atoms with Crippen molar-refractivity contribution in [1.82, 2.24) is 5.32 Å². The molecule has 1 aliphatic heterocycles. The highest BCUT2D eigenvalue weighted by molar-refractivity contribution is 9.10. The molecule has 0 aliphatic carbocycles. The monoisotopic (exact) mass is 267 g/mol. The van der Waals surface area contributed by atoms with E-state index in [1.165, 1.54) is 35.0 Å². The lowest BCUT2D eigenvalue weighted by Gasteiger charge is -2.24. The third kappa shape index (κ3) is 2.61. The molecule has 1 saturated heterocycles. The zero-order valence-corrected chi connectivity index (χ0v) is 11.0. The quantitative estimate of drug-likeness (QED) is 0.866. The Balaban J connectivity index is 2.13. The lowest BCUT2D eigenvalue weighted by Crippen LogP contribution is -2.38. The molecule has 1 fully saturated rings. The molecule has 1 aliphatic rings. The Labute approximate surface area is 100 Å². The number of aryl methyl sites for hydroxylation is 1. The first-order valence-electron chi connectivity index (χ1n) is 5.59. The third-order valence-corrected chi connectivity index (χ3v) is 4.14. The van der Waals surface area contributed by atoms with E-state index in [0.717, 1.165) is 6.42 Å². The van der Waals surface area contributed by atoms with Crippen LogP contribution in [0.5, 0.6) is 0 Å². The van der Waals surface area contributed by atoms with Crippen molar-refractivity contribution in [3.05, 3.63) is 33.8 Å². The van der Waals surface area contributed by atoms with Gasteiger partial charge >= 0.3 is 0 Å². The maximum Gasteiger partial charge on any atom is 0.0207 e. The summed E-state index contributed by atoms with van der Waals surface area (Å²) in [6, 6.07) is 6.68. The molecule has 0 aromatic heterocycles. The summed E-state index contributed by atoms with van der Waals surface area (Å²) in [6.45, 7) is 5.63. The van der Waals surface area contributed by atoms with E-state index in [1.807, 2.05) is 0 Å². The van der Waals surface area contributed by atoms with Gasteiger partial charge in [-0.3, -0.25) is 0 Å². The summed E-state index contributed by atoms with van der Waals surface area (Å²) in [7, 11) is 0. The van der Waals surface area contributed by atoms with E-state index in [0.29, 0.717) is 5.54 Å². The molecule has 1 atom stereocenters. The van der Waals surface area contributed by atoms with Crippen molar-refractivity contribution in [2.45, 2.75) is 38.6 Å². The highest BCUT2D eigenvalue weighted by Crippen LogP contribution is 2.25. The van der Waals surface area contributed by atoms with Crippen LogP contribution in [0.4, 0.5) is 0 Å². The van der Waals surface area contributed by atoms with Crippen molar-refractivity contribution in [2.24, 2.45) is 0 Å². The zero-order valence-electron chi connectivity index (χ0n) is 9.44. The first kappa shape index (κ1) is 11.2. The van der Waals surface area contributed by atoms with Crippen molar-refractivity contribution in [3.8, 4) is 0 Å². The Hall–Kier alpha value is -0.340. The molecule has 1 nitrogen and oxygen atoms in total. The molecule has 82 valence electrons. The molecular weight excluding hydrogens is 250 g/mol. The number of benzene rings is 1. The van der Waals surface area contributed by atoms with Gasteiger partial charge in [-0.1, -0.05) is 28.1 Å². The molecule has 1 aromatic carbocycles. The molecule has 0 spiro atoms. The molecule has 0 radical (unpaired) electrons. The van der Waals surface area contributed by atoms with Crippen LogP contribution in [0.15, 0.2) is 22.7 Å². The Kier molecular flexibility index (Phi) is 3.17. The SMILES string of the molecule is Cc1ccc(CC2(C)CCCN2)cc1Br. The Morgan fingerprint density at radius 2 is 2.27 bits per heavy atom. The topological polar surface area (TPSA) is 12.0 Å². The number of hydrogen-bond donors (Lipinski definition) is 1. The molecule has 1 unspecified atom stereocenters. The second-order valence-corrected chi connectivity index (χ2v) is 5.71. The molecule has 1 heterocycles. The first-order chi connectivity index (χ1) is 7.09. The molecule has 1 N–H and O–H groups in total. The summed E-state index contributed by atoms with van der Waals surface area (Å²) in [6.07, 6.45) is 3.73. The lowest BCUT2D eigenvalue weighted by molar-refractivity contribution is 0.412. The van der Waals surface area contributed by atoms with Gasteiger partial charge in [0, 0.05) is 10.0 Å². The summed E-state index contributed by atoms with van der Waals surface area (Å²) in [4.78, 5) is 0. The fourth-order valence-corrected chi connectivity index (χ4v) is 2.73. The molecule has 1 aromatic rings. The van der Waals surface area contributed by atoms with Gasteiger partial charge in [0.2, 0.25) is 0 Å². The van der Waals surface area contributed by atoms with Crippen LogP contribution in [0.1, 0.15) is 30.9 Å². The van der Waals surface area contributed by atoms with Gasteiger partial charge in [0.15, 0.2) is 0 Å². The van der Waals surface area contributed by atoms with Gasteiger partial charge < -0.3 is 5.32 Å². The van der Waals surface area contributed by atoms with Gasteiger partial charge in [0.05, 0.1) is 0 Å². The van der Waals surface area contributed by atoms with E-state index < -0.39 is 0 Å². The van der Waals surface area contributed by atoms with E-state index in [-0.39, 0.29) is 0 Å². The fourth-order valence-electron chi connectivity index (χ4n) is 2.30. The van der Waals surface area contributed by atoms with E-state index in [4.69, 9.17) is 0 Å². The Morgan fingerprint density at radius 3 is 2.87 bits per heavy atom. The number of hydrogen-bond acceptors (Lipinski definition) is 1. The minimum Gasteiger partial charge on any atom is -0.311 e. The predicted molar refractivity (Wildman–Crippen MR) is 68.2 cm³/mol. The maximum absolute atomic E-state index is 3.60. The molecule has 0 saturated carbocycles. The van der Waals surface area contributed by atoms with Crippen LogP contribution in [-0.4, -0.2) is 12.1 Å². The zero-order chi connectivity index (χ0) is 10.9. The molecular formula is C13H18BrN. The largest absolute Gasteiger partial charge is 0.311 e. The van der Waals surface area contributed by atoms with Crippen molar-refractivity contribution in [1.29, 1.82) is 0 Å². The normalized spacial score (nSPS) is 25.8. The molecule has 15 heavy (non-hydrogen) atoms. The molecule has 0 bridgehead atoms. The highest BCUT2D eigenvalue weighted by Gasteiger charge is 2.27. The minimum atomic E-state index is 0.314. The smallest absolute Gasteiger partial charge is 0.0207 e. The van der Waals surface area contributed by atoms with Gasteiger partial charge in [-0.25, -0.2) is 0 Å². The summed E-state index contributed by atoms with van der Waals surface area (Å²) >= 11 is 3.59. The van der Waals surface area contributed by atoms with Gasteiger partial charge in [-0.05, 0) is 56.8 Å². The van der Waals surface area contributed by atoms with Crippen molar-refractivity contribution < 1.29 is 0 Å². The Morgan fingerprint density at radius 1 is 1.47 bits per heavy atom. The molecule has 0 amide bonds. The predicted octanol–water partition coefficient (Wildman–Crippen LogP) is 3.44. The standard InChI is InChI=1S/C13H18BrN/c1-10-4-5-11(8-12(10)14)9-13(2)6-3-7-15-13/h4-5,8,15H,3,6-7,9H2,1-2H3.